The van der Waals surface area contributed by atoms with Gasteiger partial charge in [0.25, 0.3) is 0 Å². The summed E-state index contributed by atoms with van der Waals surface area (Å²) in [6, 6.07) is 14.0. The molecule has 0 spiro atoms. The fourth-order valence-corrected chi connectivity index (χ4v) is 4.80. The molecule has 8 heteroatoms. The molecule has 0 bridgehead atoms. The maximum Gasteiger partial charge on any atom is 0.240 e. The molecule has 1 aromatic heterocycles. The summed E-state index contributed by atoms with van der Waals surface area (Å²) in [4.78, 5) is 21.6. The van der Waals surface area contributed by atoms with E-state index >= 15 is 0 Å². The van der Waals surface area contributed by atoms with Crippen LogP contribution in [-0.4, -0.2) is 53.4 Å². The van der Waals surface area contributed by atoms with Gasteiger partial charge in [0.05, 0.1) is 17.3 Å². The summed E-state index contributed by atoms with van der Waals surface area (Å²) in [7, 11) is 0. The van der Waals surface area contributed by atoms with Crippen LogP contribution in [0.3, 0.4) is 0 Å². The van der Waals surface area contributed by atoms with Crippen LogP contribution in [0.25, 0.3) is 11.3 Å². The van der Waals surface area contributed by atoms with Crippen molar-refractivity contribution < 1.29 is 4.79 Å². The smallest absolute Gasteiger partial charge is 0.240 e. The van der Waals surface area contributed by atoms with Crippen molar-refractivity contribution in [2.75, 3.05) is 38.0 Å². The van der Waals surface area contributed by atoms with E-state index in [0.717, 1.165) is 44.0 Å². The van der Waals surface area contributed by atoms with Crippen LogP contribution < -0.4 is 5.32 Å². The topological polar surface area (TPSA) is 48.5 Å². The molecule has 31 heavy (non-hydrogen) atoms. The Morgan fingerprint density at radius 3 is 2.48 bits per heavy atom. The average molecular weight is 475 g/mol. The lowest BCUT2D eigenvalue weighted by Crippen LogP contribution is -2.48. The van der Waals surface area contributed by atoms with E-state index in [1.807, 2.05) is 11.4 Å². The fourth-order valence-electron chi connectivity index (χ4n) is 3.57. The van der Waals surface area contributed by atoms with Crippen molar-refractivity contribution in [2.45, 2.75) is 13.5 Å². The molecule has 2 aromatic carbocycles. The summed E-state index contributed by atoms with van der Waals surface area (Å²) in [6.07, 6.45) is 0. The SMILES string of the molecule is Cc1ccc(CN2CCN(CC(=O)Nc3nc(-c4ccc(Cl)cc4Cl)cs3)CC2)cc1. The molecule has 0 aliphatic carbocycles. The Labute approximate surface area is 196 Å². The number of carbonyl (C=O) groups excluding carboxylic acids is 1. The highest BCUT2D eigenvalue weighted by molar-refractivity contribution is 7.14. The van der Waals surface area contributed by atoms with E-state index in [4.69, 9.17) is 23.2 Å². The monoisotopic (exact) mass is 474 g/mol. The Hall–Kier alpha value is -1.96. The van der Waals surface area contributed by atoms with Crippen molar-refractivity contribution in [1.82, 2.24) is 14.8 Å². The minimum absolute atomic E-state index is 0.0462. The van der Waals surface area contributed by atoms with Crippen LogP contribution in [0, 0.1) is 6.92 Å². The molecule has 2 heterocycles. The largest absolute Gasteiger partial charge is 0.301 e. The Bertz CT molecular complexity index is 1050. The quantitative estimate of drug-likeness (QED) is 0.534. The van der Waals surface area contributed by atoms with Gasteiger partial charge in [-0.1, -0.05) is 53.0 Å². The Morgan fingerprint density at radius 2 is 1.77 bits per heavy atom. The van der Waals surface area contributed by atoms with Gasteiger partial charge in [-0.2, -0.15) is 0 Å². The van der Waals surface area contributed by atoms with Gasteiger partial charge in [-0.15, -0.1) is 11.3 Å². The zero-order valence-corrected chi connectivity index (χ0v) is 19.6. The second kappa shape index (κ2) is 10.1. The van der Waals surface area contributed by atoms with Gasteiger partial charge < -0.3 is 5.32 Å². The number of halogens is 2. The lowest BCUT2D eigenvalue weighted by atomic mass is 10.1. The molecule has 1 N–H and O–H groups in total. The first-order chi connectivity index (χ1) is 15.0. The molecular weight excluding hydrogens is 451 g/mol. The third kappa shape index (κ3) is 6.05. The molecule has 162 valence electrons. The van der Waals surface area contributed by atoms with Crippen LogP contribution in [0.5, 0.6) is 0 Å². The van der Waals surface area contributed by atoms with Crippen molar-refractivity contribution >= 4 is 45.6 Å². The molecule has 0 unspecified atom stereocenters. The molecule has 1 aliphatic rings. The highest BCUT2D eigenvalue weighted by atomic mass is 35.5. The van der Waals surface area contributed by atoms with Gasteiger partial charge in [-0.05, 0) is 30.7 Å². The van der Waals surface area contributed by atoms with Crippen LogP contribution >= 0.6 is 34.5 Å². The van der Waals surface area contributed by atoms with Crippen LogP contribution in [0.4, 0.5) is 5.13 Å². The number of hydrogen-bond donors (Lipinski definition) is 1. The standard InChI is InChI=1S/C23H24Cl2N4OS/c1-16-2-4-17(5-3-16)13-28-8-10-29(11-9-28)14-22(30)27-23-26-21(15-31-23)19-7-6-18(24)12-20(19)25/h2-7,12,15H,8-11,13-14H2,1H3,(H,26,27,30). The van der Waals surface area contributed by atoms with Crippen molar-refractivity contribution in [2.24, 2.45) is 0 Å². The lowest BCUT2D eigenvalue weighted by Gasteiger charge is -2.34. The Morgan fingerprint density at radius 1 is 1.06 bits per heavy atom. The van der Waals surface area contributed by atoms with E-state index in [1.54, 1.807) is 12.1 Å². The minimum Gasteiger partial charge on any atom is -0.301 e. The first-order valence-electron chi connectivity index (χ1n) is 10.2. The van der Waals surface area contributed by atoms with E-state index in [9.17, 15) is 4.79 Å². The number of piperazine rings is 1. The number of benzene rings is 2. The van der Waals surface area contributed by atoms with Gasteiger partial charge in [-0.3, -0.25) is 14.6 Å². The average Bonchev–Trinajstić information content (AvgIpc) is 3.19. The molecular formula is C23H24Cl2N4OS. The van der Waals surface area contributed by atoms with E-state index < -0.39 is 0 Å². The van der Waals surface area contributed by atoms with E-state index in [2.05, 4.69) is 51.3 Å². The predicted octanol–water partition coefficient (Wildman–Crippen LogP) is 5.18. The summed E-state index contributed by atoms with van der Waals surface area (Å²) < 4.78 is 0. The van der Waals surface area contributed by atoms with Crippen molar-refractivity contribution in [1.29, 1.82) is 0 Å². The number of rotatable bonds is 6. The number of hydrogen-bond acceptors (Lipinski definition) is 5. The highest BCUT2D eigenvalue weighted by Crippen LogP contribution is 2.32. The Balaban J connectivity index is 1.25. The molecule has 1 amide bonds. The molecule has 1 saturated heterocycles. The maximum absolute atomic E-state index is 12.5. The van der Waals surface area contributed by atoms with E-state index in [0.29, 0.717) is 21.7 Å². The molecule has 0 radical (unpaired) electrons. The molecule has 3 aromatic rings. The van der Waals surface area contributed by atoms with E-state index in [1.165, 1.54) is 22.5 Å². The summed E-state index contributed by atoms with van der Waals surface area (Å²) in [5, 5.41) is 6.49. The minimum atomic E-state index is -0.0462. The van der Waals surface area contributed by atoms with Crippen molar-refractivity contribution in [3.8, 4) is 11.3 Å². The van der Waals surface area contributed by atoms with E-state index in [-0.39, 0.29) is 5.91 Å². The van der Waals surface area contributed by atoms with Gasteiger partial charge >= 0.3 is 0 Å². The molecule has 1 fully saturated rings. The maximum atomic E-state index is 12.5. The number of amides is 1. The number of aryl methyl sites for hydroxylation is 1. The van der Waals surface area contributed by atoms with Crippen LogP contribution in [-0.2, 0) is 11.3 Å². The number of aromatic nitrogens is 1. The van der Waals surface area contributed by atoms with Crippen molar-refractivity contribution in [3.05, 3.63) is 69.0 Å². The third-order valence-corrected chi connectivity index (χ3v) is 6.62. The number of anilines is 1. The number of thiazole rings is 1. The highest BCUT2D eigenvalue weighted by Gasteiger charge is 2.20. The van der Waals surface area contributed by atoms with Crippen LogP contribution in [0.15, 0.2) is 47.8 Å². The van der Waals surface area contributed by atoms with Gasteiger partial charge in [-0.25, -0.2) is 4.98 Å². The summed E-state index contributed by atoms with van der Waals surface area (Å²) >= 11 is 13.6. The summed E-state index contributed by atoms with van der Waals surface area (Å²) in [5.41, 5.74) is 4.14. The number of carbonyl (C=O) groups is 1. The second-order valence-corrected chi connectivity index (χ2v) is 9.45. The normalized spacial score (nSPS) is 15.2. The summed E-state index contributed by atoms with van der Waals surface area (Å²) in [6.45, 7) is 7.10. The molecule has 0 atom stereocenters. The first kappa shape index (κ1) is 22.2. The van der Waals surface area contributed by atoms with Crippen molar-refractivity contribution in [3.63, 3.8) is 0 Å². The molecule has 5 nitrogen and oxygen atoms in total. The van der Waals surface area contributed by atoms with Gasteiger partial charge in [0.15, 0.2) is 5.13 Å². The second-order valence-electron chi connectivity index (χ2n) is 7.75. The lowest BCUT2D eigenvalue weighted by molar-refractivity contribution is -0.117. The first-order valence-corrected chi connectivity index (χ1v) is 11.8. The Kier molecular flexibility index (Phi) is 7.25. The third-order valence-electron chi connectivity index (χ3n) is 5.32. The number of nitrogens with one attached hydrogen (secondary N) is 1. The predicted molar refractivity (Wildman–Crippen MR) is 129 cm³/mol. The number of nitrogens with zero attached hydrogens (tertiary/aromatic N) is 3. The molecule has 4 rings (SSSR count). The zero-order valence-electron chi connectivity index (χ0n) is 17.3. The van der Waals surface area contributed by atoms with Gasteiger partial charge in [0.1, 0.15) is 0 Å². The van der Waals surface area contributed by atoms with Crippen LogP contribution in [0.2, 0.25) is 10.0 Å². The summed E-state index contributed by atoms with van der Waals surface area (Å²) in [5.74, 6) is -0.0462. The molecule has 1 aliphatic heterocycles. The fraction of sp³-hybridized carbons (Fsp3) is 0.304. The van der Waals surface area contributed by atoms with Crippen LogP contribution in [0.1, 0.15) is 11.1 Å². The molecule has 0 saturated carbocycles. The van der Waals surface area contributed by atoms with Gasteiger partial charge in [0.2, 0.25) is 5.91 Å². The zero-order chi connectivity index (χ0) is 21.8. The van der Waals surface area contributed by atoms with Gasteiger partial charge in [0, 0.05) is 48.7 Å².